The van der Waals surface area contributed by atoms with E-state index in [1.54, 1.807) is 11.3 Å². The molecular formula is C14H17N3O4S2. The van der Waals surface area contributed by atoms with Crippen molar-refractivity contribution in [3.63, 3.8) is 0 Å². The number of hydrogen-bond donors (Lipinski definition) is 1. The van der Waals surface area contributed by atoms with Gasteiger partial charge in [-0.1, -0.05) is 6.92 Å². The number of thiazole rings is 1. The van der Waals surface area contributed by atoms with Crippen LogP contribution in [0.2, 0.25) is 0 Å². The van der Waals surface area contributed by atoms with Gasteiger partial charge in [0.1, 0.15) is 4.90 Å². The SMILES string of the molecule is CCc1cnc(CCNc2ccc([N+](=O)[O-])c(S(C)(=O)=O)c2)s1. The van der Waals surface area contributed by atoms with E-state index in [1.807, 2.05) is 6.20 Å². The third-order valence-electron chi connectivity index (χ3n) is 3.17. The van der Waals surface area contributed by atoms with Crippen LogP contribution in [0.5, 0.6) is 0 Å². The minimum absolute atomic E-state index is 0.282. The van der Waals surface area contributed by atoms with Crippen LogP contribution in [0.4, 0.5) is 11.4 Å². The summed E-state index contributed by atoms with van der Waals surface area (Å²) in [5.41, 5.74) is 0.119. The van der Waals surface area contributed by atoms with Crippen molar-refractivity contribution in [3.05, 3.63) is 44.4 Å². The maximum Gasteiger partial charge on any atom is 0.288 e. The summed E-state index contributed by atoms with van der Waals surface area (Å²) in [5, 5.41) is 15.0. The number of benzene rings is 1. The van der Waals surface area contributed by atoms with Gasteiger partial charge in [-0.2, -0.15) is 0 Å². The molecule has 0 bridgehead atoms. The zero-order chi connectivity index (χ0) is 17.0. The Balaban J connectivity index is 2.10. The summed E-state index contributed by atoms with van der Waals surface area (Å²) in [6, 6.07) is 4.01. The van der Waals surface area contributed by atoms with Gasteiger partial charge in [0.05, 0.1) is 9.93 Å². The van der Waals surface area contributed by atoms with E-state index in [9.17, 15) is 18.5 Å². The number of aromatic nitrogens is 1. The summed E-state index contributed by atoms with van der Waals surface area (Å²) >= 11 is 1.65. The van der Waals surface area contributed by atoms with Gasteiger partial charge in [0.25, 0.3) is 5.69 Å². The van der Waals surface area contributed by atoms with Crippen LogP contribution in [0, 0.1) is 10.1 Å². The fourth-order valence-corrected chi connectivity index (χ4v) is 3.74. The van der Waals surface area contributed by atoms with Crippen molar-refractivity contribution < 1.29 is 13.3 Å². The Bertz CT molecular complexity index is 815. The number of nitro groups is 1. The highest BCUT2D eigenvalue weighted by Crippen LogP contribution is 2.27. The van der Waals surface area contributed by atoms with Crippen molar-refractivity contribution in [1.29, 1.82) is 0 Å². The molecule has 0 aliphatic carbocycles. The van der Waals surface area contributed by atoms with Gasteiger partial charge in [-0.15, -0.1) is 11.3 Å². The van der Waals surface area contributed by atoms with Crippen molar-refractivity contribution in [1.82, 2.24) is 4.98 Å². The van der Waals surface area contributed by atoms with Crippen LogP contribution in [-0.2, 0) is 22.7 Å². The molecule has 2 rings (SSSR count). The standard InChI is InChI=1S/C14H17N3O4S2/c1-3-11-9-16-14(22-11)6-7-15-10-4-5-12(17(18)19)13(8-10)23(2,20)21/h4-5,8-9,15H,3,6-7H2,1-2H3. The summed E-state index contributed by atoms with van der Waals surface area (Å²) in [4.78, 5) is 15.5. The van der Waals surface area contributed by atoms with Gasteiger partial charge in [0.2, 0.25) is 0 Å². The Hall–Kier alpha value is -2.00. The second-order valence-electron chi connectivity index (χ2n) is 4.96. The molecule has 124 valence electrons. The quantitative estimate of drug-likeness (QED) is 0.605. The lowest BCUT2D eigenvalue weighted by molar-refractivity contribution is -0.387. The summed E-state index contributed by atoms with van der Waals surface area (Å²) in [6.07, 6.45) is 4.47. The van der Waals surface area contributed by atoms with Gasteiger partial charge < -0.3 is 5.32 Å². The third kappa shape index (κ3) is 4.49. The molecule has 2 aromatic rings. The minimum Gasteiger partial charge on any atom is -0.385 e. The average molecular weight is 355 g/mol. The maximum absolute atomic E-state index is 11.7. The molecule has 0 amide bonds. The average Bonchev–Trinajstić information content (AvgIpc) is 2.94. The number of rotatable bonds is 7. The normalized spacial score (nSPS) is 11.4. The van der Waals surface area contributed by atoms with Crippen LogP contribution < -0.4 is 5.32 Å². The number of nitrogens with one attached hydrogen (secondary N) is 1. The number of nitrogens with zero attached hydrogens (tertiary/aromatic N) is 2. The van der Waals surface area contributed by atoms with Gasteiger partial charge in [-0.25, -0.2) is 13.4 Å². The Morgan fingerprint density at radius 2 is 2.13 bits per heavy atom. The highest BCUT2D eigenvalue weighted by Gasteiger charge is 2.22. The molecule has 1 N–H and O–H groups in total. The molecule has 0 unspecified atom stereocenters. The smallest absolute Gasteiger partial charge is 0.288 e. The fourth-order valence-electron chi connectivity index (χ4n) is 2.01. The number of sulfone groups is 1. The topological polar surface area (TPSA) is 102 Å². The number of nitro benzene ring substituents is 1. The molecule has 9 heteroatoms. The van der Waals surface area contributed by atoms with E-state index in [0.29, 0.717) is 18.7 Å². The maximum atomic E-state index is 11.7. The van der Waals surface area contributed by atoms with Crippen molar-refractivity contribution in [2.45, 2.75) is 24.7 Å². The third-order valence-corrected chi connectivity index (χ3v) is 5.50. The van der Waals surface area contributed by atoms with Gasteiger partial charge in [-0.3, -0.25) is 10.1 Å². The fraction of sp³-hybridized carbons (Fsp3) is 0.357. The molecule has 0 saturated heterocycles. The molecule has 0 radical (unpaired) electrons. The molecule has 7 nitrogen and oxygen atoms in total. The van der Waals surface area contributed by atoms with Gasteiger partial charge >= 0.3 is 0 Å². The Labute approximate surface area is 138 Å². The molecule has 0 atom stereocenters. The lowest BCUT2D eigenvalue weighted by Crippen LogP contribution is -2.07. The molecular weight excluding hydrogens is 338 g/mol. The molecule has 23 heavy (non-hydrogen) atoms. The van der Waals surface area contributed by atoms with E-state index in [0.717, 1.165) is 17.7 Å². The van der Waals surface area contributed by atoms with Gasteiger partial charge in [0, 0.05) is 42.0 Å². The van der Waals surface area contributed by atoms with E-state index in [2.05, 4.69) is 17.2 Å². The number of anilines is 1. The Morgan fingerprint density at radius 3 is 2.70 bits per heavy atom. The van der Waals surface area contributed by atoms with Crippen LogP contribution in [-0.4, -0.2) is 31.1 Å². The van der Waals surface area contributed by atoms with Crippen LogP contribution in [0.3, 0.4) is 0 Å². The van der Waals surface area contributed by atoms with E-state index in [4.69, 9.17) is 0 Å². The number of aryl methyl sites for hydroxylation is 1. The molecule has 0 saturated carbocycles. The van der Waals surface area contributed by atoms with Gasteiger partial charge in [0.15, 0.2) is 9.84 Å². The highest BCUT2D eigenvalue weighted by molar-refractivity contribution is 7.90. The largest absolute Gasteiger partial charge is 0.385 e. The van der Waals surface area contributed by atoms with E-state index in [-0.39, 0.29) is 4.90 Å². The first-order valence-corrected chi connectivity index (χ1v) is 9.68. The molecule has 1 heterocycles. The highest BCUT2D eigenvalue weighted by atomic mass is 32.2. The zero-order valence-electron chi connectivity index (χ0n) is 12.8. The van der Waals surface area contributed by atoms with Crippen LogP contribution in [0.25, 0.3) is 0 Å². The summed E-state index contributed by atoms with van der Waals surface area (Å²) < 4.78 is 23.4. The molecule has 0 aliphatic heterocycles. The first-order chi connectivity index (χ1) is 10.8. The van der Waals surface area contributed by atoms with Crippen molar-refractivity contribution >= 4 is 32.5 Å². The summed E-state index contributed by atoms with van der Waals surface area (Å²) in [5.74, 6) is 0. The molecule has 1 aromatic carbocycles. The monoisotopic (exact) mass is 355 g/mol. The predicted molar refractivity (Wildman–Crippen MR) is 89.9 cm³/mol. The van der Waals surface area contributed by atoms with Crippen molar-refractivity contribution in [3.8, 4) is 0 Å². The van der Waals surface area contributed by atoms with Crippen LogP contribution >= 0.6 is 11.3 Å². The predicted octanol–water partition coefficient (Wildman–Crippen LogP) is 2.67. The summed E-state index contributed by atoms with van der Waals surface area (Å²) in [6.45, 7) is 2.64. The Morgan fingerprint density at radius 1 is 1.39 bits per heavy atom. The second-order valence-corrected chi connectivity index (χ2v) is 8.15. The van der Waals surface area contributed by atoms with E-state index in [1.165, 1.54) is 23.1 Å². The van der Waals surface area contributed by atoms with Crippen LogP contribution in [0.1, 0.15) is 16.8 Å². The van der Waals surface area contributed by atoms with Crippen LogP contribution in [0.15, 0.2) is 29.3 Å². The zero-order valence-corrected chi connectivity index (χ0v) is 14.4. The van der Waals surface area contributed by atoms with Crippen molar-refractivity contribution in [2.24, 2.45) is 0 Å². The van der Waals surface area contributed by atoms with E-state index >= 15 is 0 Å². The second kappa shape index (κ2) is 7.05. The number of hydrogen-bond acceptors (Lipinski definition) is 7. The molecule has 1 aromatic heterocycles. The first kappa shape index (κ1) is 17.4. The lowest BCUT2D eigenvalue weighted by atomic mass is 10.2. The minimum atomic E-state index is -3.67. The van der Waals surface area contributed by atoms with Crippen molar-refractivity contribution in [2.75, 3.05) is 18.1 Å². The lowest BCUT2D eigenvalue weighted by Gasteiger charge is -2.07. The molecule has 0 aliphatic rings. The first-order valence-electron chi connectivity index (χ1n) is 6.97. The van der Waals surface area contributed by atoms with Gasteiger partial charge in [-0.05, 0) is 18.6 Å². The molecule has 0 fully saturated rings. The molecule has 0 spiro atoms. The Kier molecular flexibility index (Phi) is 5.32. The van der Waals surface area contributed by atoms with E-state index < -0.39 is 20.4 Å². The summed E-state index contributed by atoms with van der Waals surface area (Å²) in [7, 11) is -3.67.